The van der Waals surface area contributed by atoms with E-state index >= 15 is 0 Å². The Morgan fingerprint density at radius 2 is 2.00 bits per heavy atom. The number of benzene rings is 2. The van der Waals surface area contributed by atoms with Crippen molar-refractivity contribution >= 4 is 11.0 Å². The molecule has 2 aromatic carbocycles. The molecule has 0 aliphatic carbocycles. The Labute approximate surface area is 151 Å². The number of ether oxygens (including phenoxy) is 2. The zero-order valence-corrected chi connectivity index (χ0v) is 15.0. The summed E-state index contributed by atoms with van der Waals surface area (Å²) in [4.78, 5) is 13.2. The van der Waals surface area contributed by atoms with Crippen LogP contribution in [0.3, 0.4) is 0 Å². The third-order valence-corrected chi connectivity index (χ3v) is 4.93. The Hall–Kier alpha value is -2.79. The summed E-state index contributed by atoms with van der Waals surface area (Å²) in [6.45, 7) is 4.12. The van der Waals surface area contributed by atoms with Gasteiger partial charge in [0.25, 0.3) is 0 Å². The molecule has 1 aliphatic rings. The maximum absolute atomic E-state index is 12.0. The first kappa shape index (κ1) is 16.7. The summed E-state index contributed by atoms with van der Waals surface area (Å²) in [7, 11) is 1.69. The van der Waals surface area contributed by atoms with Crippen molar-refractivity contribution in [2.24, 2.45) is 0 Å². The van der Waals surface area contributed by atoms with Gasteiger partial charge in [0.15, 0.2) is 5.58 Å². The summed E-state index contributed by atoms with van der Waals surface area (Å²) in [5.74, 6) is 1.68. The van der Waals surface area contributed by atoms with Gasteiger partial charge < -0.3 is 13.9 Å². The predicted molar refractivity (Wildman–Crippen MR) is 98.7 cm³/mol. The second-order valence-corrected chi connectivity index (χ2v) is 6.57. The van der Waals surface area contributed by atoms with Gasteiger partial charge in [-0.15, -0.1) is 0 Å². The van der Waals surface area contributed by atoms with Crippen LogP contribution >= 0.6 is 0 Å². The van der Waals surface area contributed by atoms with Crippen LogP contribution < -0.4 is 20.0 Å². The molecule has 5 nitrogen and oxygen atoms in total. The van der Waals surface area contributed by atoms with E-state index in [1.165, 1.54) is 4.90 Å². The van der Waals surface area contributed by atoms with Gasteiger partial charge >= 0.3 is 5.63 Å². The van der Waals surface area contributed by atoms with E-state index in [2.05, 4.69) is 6.07 Å². The molecule has 1 aromatic heterocycles. The first-order valence-electron chi connectivity index (χ1n) is 8.86. The molecule has 0 spiro atoms. The Balaban J connectivity index is 1.71. The summed E-state index contributed by atoms with van der Waals surface area (Å²) in [5.41, 5.74) is 3.46. The fraction of sp³-hybridized carbons (Fsp3) is 0.286. The molecule has 26 heavy (non-hydrogen) atoms. The number of aryl methyl sites for hydroxylation is 1. The molecule has 5 heteroatoms. The van der Waals surface area contributed by atoms with Crippen molar-refractivity contribution in [1.29, 1.82) is 0 Å². The van der Waals surface area contributed by atoms with Crippen LogP contribution in [0.4, 0.5) is 0 Å². The number of fused-ring (bicyclic) bond motifs is 3. The van der Waals surface area contributed by atoms with Crippen molar-refractivity contribution in [3.05, 3.63) is 69.6 Å². The van der Waals surface area contributed by atoms with Crippen molar-refractivity contribution in [1.82, 2.24) is 0 Å². The molecule has 1 unspecified atom stereocenters. The van der Waals surface area contributed by atoms with Gasteiger partial charge in [-0.3, -0.25) is 4.90 Å². The molecule has 0 bridgehead atoms. The van der Waals surface area contributed by atoms with E-state index < -0.39 is 0 Å². The molecular formula is C21H22NO4+. The largest absolute Gasteiger partial charge is 0.496 e. The SMILES string of the molecule is CCc1cc(=O)oc2c3c(ccc12)OC[NH+](Cc1ccccc1OC)C3. The summed E-state index contributed by atoms with van der Waals surface area (Å²) in [6, 6.07) is 13.6. The molecule has 0 fully saturated rings. The van der Waals surface area contributed by atoms with E-state index in [4.69, 9.17) is 13.9 Å². The Morgan fingerprint density at radius 3 is 2.81 bits per heavy atom. The van der Waals surface area contributed by atoms with Crippen LogP contribution in [0.5, 0.6) is 11.5 Å². The molecule has 0 amide bonds. The topological polar surface area (TPSA) is 53.1 Å². The van der Waals surface area contributed by atoms with Crippen LogP contribution in [0, 0.1) is 0 Å². The Bertz CT molecular complexity index is 1010. The van der Waals surface area contributed by atoms with Crippen molar-refractivity contribution in [2.45, 2.75) is 26.4 Å². The van der Waals surface area contributed by atoms with Gasteiger partial charge in [-0.25, -0.2) is 4.79 Å². The maximum atomic E-state index is 12.0. The number of methoxy groups -OCH3 is 1. The number of quaternary nitrogens is 1. The van der Waals surface area contributed by atoms with Crippen molar-refractivity contribution in [2.75, 3.05) is 13.8 Å². The molecule has 1 aliphatic heterocycles. The van der Waals surface area contributed by atoms with Crippen LogP contribution in [-0.4, -0.2) is 13.8 Å². The monoisotopic (exact) mass is 352 g/mol. The van der Waals surface area contributed by atoms with Crippen molar-refractivity contribution < 1.29 is 18.8 Å². The minimum absolute atomic E-state index is 0.306. The second-order valence-electron chi connectivity index (χ2n) is 6.57. The van der Waals surface area contributed by atoms with Crippen molar-refractivity contribution in [3.8, 4) is 11.5 Å². The normalized spacial score (nSPS) is 16.2. The molecule has 3 aromatic rings. The quantitative estimate of drug-likeness (QED) is 0.732. The lowest BCUT2D eigenvalue weighted by Gasteiger charge is -2.27. The molecule has 0 saturated heterocycles. The zero-order valence-electron chi connectivity index (χ0n) is 15.0. The van der Waals surface area contributed by atoms with Gasteiger partial charge in [-0.05, 0) is 36.2 Å². The van der Waals surface area contributed by atoms with Gasteiger partial charge in [0.1, 0.15) is 24.6 Å². The lowest BCUT2D eigenvalue weighted by atomic mass is 10.0. The van der Waals surface area contributed by atoms with Crippen LogP contribution in [-0.2, 0) is 19.5 Å². The summed E-state index contributed by atoms with van der Waals surface area (Å²) in [6.07, 6.45) is 0.791. The van der Waals surface area contributed by atoms with Gasteiger partial charge in [-0.2, -0.15) is 0 Å². The average Bonchev–Trinajstić information content (AvgIpc) is 2.67. The van der Waals surface area contributed by atoms with Crippen molar-refractivity contribution in [3.63, 3.8) is 0 Å². The van der Waals surface area contributed by atoms with E-state index in [9.17, 15) is 4.79 Å². The van der Waals surface area contributed by atoms with E-state index in [0.29, 0.717) is 12.3 Å². The highest BCUT2D eigenvalue weighted by Gasteiger charge is 2.25. The zero-order chi connectivity index (χ0) is 18.1. The summed E-state index contributed by atoms with van der Waals surface area (Å²) >= 11 is 0. The van der Waals surface area contributed by atoms with Gasteiger partial charge in [0.05, 0.1) is 12.7 Å². The predicted octanol–water partition coefficient (Wildman–Crippen LogP) is 2.30. The van der Waals surface area contributed by atoms with Gasteiger partial charge in [-0.1, -0.05) is 19.1 Å². The number of hydrogen-bond acceptors (Lipinski definition) is 4. The molecule has 0 saturated carbocycles. The third kappa shape index (κ3) is 2.95. The summed E-state index contributed by atoms with van der Waals surface area (Å²) in [5, 5.41) is 0.994. The molecular weight excluding hydrogens is 330 g/mol. The standard InChI is InChI=1S/C21H21NO4/c1-3-14-10-20(23)26-21-16(14)8-9-19-17(21)12-22(13-25-19)11-15-6-4-5-7-18(15)24-2/h4-10H,3,11-13H2,1-2H3/p+1. The molecule has 0 radical (unpaired) electrons. The van der Waals surface area contributed by atoms with Crippen LogP contribution in [0.15, 0.2) is 51.7 Å². The lowest BCUT2D eigenvalue weighted by Crippen LogP contribution is -3.10. The molecule has 1 atom stereocenters. The van der Waals surface area contributed by atoms with Gasteiger partial charge in [0.2, 0.25) is 6.73 Å². The van der Waals surface area contributed by atoms with Gasteiger partial charge in [0, 0.05) is 17.0 Å². The van der Waals surface area contributed by atoms with Crippen LogP contribution in [0.25, 0.3) is 11.0 Å². The van der Waals surface area contributed by atoms with E-state index in [1.807, 2.05) is 37.3 Å². The van der Waals surface area contributed by atoms with Crippen LogP contribution in [0.1, 0.15) is 23.6 Å². The molecule has 134 valence electrons. The highest BCUT2D eigenvalue weighted by Crippen LogP contribution is 2.30. The lowest BCUT2D eigenvalue weighted by molar-refractivity contribution is -0.945. The van der Waals surface area contributed by atoms with E-state index in [1.54, 1.807) is 13.2 Å². The average molecular weight is 352 g/mol. The summed E-state index contributed by atoms with van der Waals surface area (Å²) < 4.78 is 17.0. The molecule has 4 rings (SSSR count). The third-order valence-electron chi connectivity index (χ3n) is 4.93. The maximum Gasteiger partial charge on any atom is 0.336 e. The Morgan fingerprint density at radius 1 is 1.15 bits per heavy atom. The minimum atomic E-state index is -0.306. The minimum Gasteiger partial charge on any atom is -0.496 e. The second kappa shape index (κ2) is 6.84. The smallest absolute Gasteiger partial charge is 0.336 e. The first-order chi connectivity index (χ1) is 12.7. The number of rotatable bonds is 4. The molecule has 2 heterocycles. The number of hydrogen-bond donors (Lipinski definition) is 1. The fourth-order valence-corrected chi connectivity index (χ4v) is 3.64. The first-order valence-corrected chi connectivity index (χ1v) is 8.86. The fourth-order valence-electron chi connectivity index (χ4n) is 3.64. The van der Waals surface area contributed by atoms with E-state index in [0.717, 1.165) is 53.1 Å². The highest BCUT2D eigenvalue weighted by atomic mass is 16.5. The van der Waals surface area contributed by atoms with Crippen LogP contribution in [0.2, 0.25) is 0 Å². The molecule has 1 N–H and O–H groups in total. The Kier molecular flexibility index (Phi) is 4.39. The number of para-hydroxylation sites is 1. The van der Waals surface area contributed by atoms with E-state index in [-0.39, 0.29) is 5.63 Å². The number of nitrogens with one attached hydrogen (secondary N) is 1. The highest BCUT2D eigenvalue weighted by molar-refractivity contribution is 5.85.